The number of guanidine groups is 1. The van der Waals surface area contributed by atoms with E-state index in [2.05, 4.69) is 45.2 Å². The summed E-state index contributed by atoms with van der Waals surface area (Å²) in [6.45, 7) is 6.99. The molecule has 7 heteroatoms. The number of hydrogen-bond donors (Lipinski definition) is 1. The molecule has 134 valence electrons. The van der Waals surface area contributed by atoms with Crippen LogP contribution in [0.3, 0.4) is 0 Å². The highest BCUT2D eigenvalue weighted by Gasteiger charge is 2.36. The number of benzene rings is 1. The molecule has 24 heavy (non-hydrogen) atoms. The minimum absolute atomic E-state index is 0. The first kappa shape index (κ1) is 21.2. The summed E-state index contributed by atoms with van der Waals surface area (Å²) >= 11 is 3.48. The van der Waals surface area contributed by atoms with Gasteiger partial charge in [0.2, 0.25) is 0 Å². The smallest absolute Gasteiger partial charge is 0.310 e. The van der Waals surface area contributed by atoms with Gasteiger partial charge >= 0.3 is 5.97 Å². The first-order valence-corrected chi connectivity index (χ1v) is 8.70. The molecule has 0 amide bonds. The summed E-state index contributed by atoms with van der Waals surface area (Å²) in [6, 6.07) is 8.13. The van der Waals surface area contributed by atoms with Gasteiger partial charge in [-0.25, -0.2) is 4.99 Å². The van der Waals surface area contributed by atoms with Crippen LogP contribution in [0.15, 0.2) is 33.7 Å². The minimum atomic E-state index is -0.136. The van der Waals surface area contributed by atoms with Crippen molar-refractivity contribution in [2.75, 3.05) is 26.7 Å². The molecule has 0 spiro atoms. The molecule has 1 aliphatic rings. The number of esters is 1. The maximum absolute atomic E-state index is 11.9. The quantitative estimate of drug-likeness (QED) is 0.293. The third-order valence-corrected chi connectivity index (χ3v) is 4.54. The number of halogens is 2. The lowest BCUT2D eigenvalue weighted by atomic mass is 9.99. The van der Waals surface area contributed by atoms with Gasteiger partial charge in [0.15, 0.2) is 5.96 Å². The van der Waals surface area contributed by atoms with E-state index in [1.807, 2.05) is 19.1 Å². The van der Waals surface area contributed by atoms with Crippen LogP contribution in [0, 0.1) is 11.8 Å². The molecule has 0 aromatic heterocycles. The number of hydrogen-bond acceptors (Lipinski definition) is 3. The fourth-order valence-electron chi connectivity index (χ4n) is 2.83. The minimum Gasteiger partial charge on any atom is -0.469 e. The first-order valence-electron chi connectivity index (χ1n) is 7.90. The van der Waals surface area contributed by atoms with Crippen LogP contribution in [-0.4, -0.2) is 43.6 Å². The average Bonchev–Trinajstić information content (AvgIpc) is 2.92. The van der Waals surface area contributed by atoms with Crippen LogP contribution < -0.4 is 5.32 Å². The van der Waals surface area contributed by atoms with Crippen molar-refractivity contribution in [3.05, 3.63) is 34.3 Å². The molecule has 0 saturated carbocycles. The molecule has 1 N–H and O–H groups in total. The summed E-state index contributed by atoms with van der Waals surface area (Å²) < 4.78 is 5.96. The zero-order chi connectivity index (χ0) is 16.8. The lowest BCUT2D eigenvalue weighted by Crippen LogP contribution is -2.40. The second kappa shape index (κ2) is 10.2. The monoisotopic (exact) mass is 509 g/mol. The van der Waals surface area contributed by atoms with E-state index in [0.29, 0.717) is 13.1 Å². The summed E-state index contributed by atoms with van der Waals surface area (Å²) in [5.41, 5.74) is 1.14. The predicted molar refractivity (Wildman–Crippen MR) is 111 cm³/mol. The summed E-state index contributed by atoms with van der Waals surface area (Å²) in [4.78, 5) is 18.7. The van der Waals surface area contributed by atoms with Crippen molar-refractivity contribution in [2.45, 2.75) is 20.4 Å². The molecule has 1 aliphatic heterocycles. The molecular formula is C17H25BrIN3O2. The molecule has 2 unspecified atom stereocenters. The molecule has 0 radical (unpaired) electrons. The van der Waals surface area contributed by atoms with Gasteiger partial charge in [-0.2, -0.15) is 0 Å². The summed E-state index contributed by atoms with van der Waals surface area (Å²) in [5, 5.41) is 3.32. The number of rotatable bonds is 4. The van der Waals surface area contributed by atoms with Crippen molar-refractivity contribution in [2.24, 2.45) is 16.8 Å². The number of nitrogens with zero attached hydrogens (tertiary/aromatic N) is 2. The average molecular weight is 510 g/mol. The topological polar surface area (TPSA) is 53.9 Å². The SMILES string of the molecule is CCNC(=NCc1cccc(Br)c1)N1CC(C)C(C(=O)OC)C1.I. The molecular weight excluding hydrogens is 485 g/mol. The van der Waals surface area contributed by atoms with E-state index in [1.54, 1.807) is 0 Å². The highest BCUT2D eigenvalue weighted by atomic mass is 127. The number of methoxy groups -OCH3 is 1. The Morgan fingerprint density at radius 3 is 2.83 bits per heavy atom. The molecule has 1 aromatic carbocycles. The number of nitrogens with one attached hydrogen (secondary N) is 1. The van der Waals surface area contributed by atoms with Crippen LogP contribution in [0.2, 0.25) is 0 Å². The molecule has 1 fully saturated rings. The lowest BCUT2D eigenvalue weighted by molar-refractivity contribution is -0.145. The van der Waals surface area contributed by atoms with Crippen LogP contribution in [0.5, 0.6) is 0 Å². The number of carbonyl (C=O) groups excluding carboxylic acids is 1. The number of carbonyl (C=O) groups is 1. The van der Waals surface area contributed by atoms with Crippen molar-refractivity contribution in [3.63, 3.8) is 0 Å². The van der Waals surface area contributed by atoms with Crippen LogP contribution in [0.25, 0.3) is 0 Å². The van der Waals surface area contributed by atoms with Crippen molar-refractivity contribution in [1.29, 1.82) is 0 Å². The van der Waals surface area contributed by atoms with Crippen molar-refractivity contribution < 1.29 is 9.53 Å². The maximum atomic E-state index is 11.9. The van der Waals surface area contributed by atoms with Gasteiger partial charge in [0.25, 0.3) is 0 Å². The van der Waals surface area contributed by atoms with Crippen molar-refractivity contribution >= 4 is 51.8 Å². The molecule has 1 aromatic rings. The van der Waals surface area contributed by atoms with E-state index >= 15 is 0 Å². The van der Waals surface area contributed by atoms with E-state index < -0.39 is 0 Å². The van der Waals surface area contributed by atoms with Gasteiger partial charge in [0.05, 0.1) is 19.6 Å². The highest BCUT2D eigenvalue weighted by Crippen LogP contribution is 2.24. The third kappa shape index (κ3) is 5.61. The van der Waals surface area contributed by atoms with Gasteiger partial charge in [-0.15, -0.1) is 24.0 Å². The molecule has 2 atom stereocenters. The molecule has 5 nitrogen and oxygen atoms in total. The zero-order valence-corrected chi connectivity index (χ0v) is 18.2. The van der Waals surface area contributed by atoms with E-state index in [4.69, 9.17) is 9.73 Å². The second-order valence-electron chi connectivity index (χ2n) is 5.81. The van der Waals surface area contributed by atoms with E-state index in [0.717, 1.165) is 29.1 Å². The van der Waals surface area contributed by atoms with Gasteiger partial charge in [-0.1, -0.05) is 35.0 Å². The Morgan fingerprint density at radius 1 is 1.46 bits per heavy atom. The van der Waals surface area contributed by atoms with Crippen LogP contribution in [-0.2, 0) is 16.1 Å². The Bertz CT molecular complexity index is 583. The highest BCUT2D eigenvalue weighted by molar-refractivity contribution is 14.0. The van der Waals surface area contributed by atoms with E-state index in [9.17, 15) is 4.79 Å². The summed E-state index contributed by atoms with van der Waals surface area (Å²) in [5.74, 6) is 0.889. The largest absolute Gasteiger partial charge is 0.469 e. The molecule has 1 heterocycles. The van der Waals surface area contributed by atoms with Gasteiger partial charge < -0.3 is 15.0 Å². The number of aliphatic imine (C=N–C) groups is 1. The fourth-order valence-corrected chi connectivity index (χ4v) is 3.27. The van der Waals surface area contributed by atoms with Crippen LogP contribution in [0.4, 0.5) is 0 Å². The van der Waals surface area contributed by atoms with Crippen molar-refractivity contribution in [1.82, 2.24) is 10.2 Å². The normalized spacial score (nSPS) is 20.5. The number of ether oxygens (including phenoxy) is 1. The standard InChI is InChI=1S/C17H24BrN3O2.HI/c1-4-19-17(20-9-13-6-5-7-14(18)8-13)21-10-12(2)15(11-21)16(22)23-3;/h5-8,12,15H,4,9-11H2,1-3H3,(H,19,20);1H. The molecule has 0 bridgehead atoms. The van der Waals surface area contributed by atoms with E-state index in [1.165, 1.54) is 7.11 Å². The Hall–Kier alpha value is -0.830. The van der Waals surface area contributed by atoms with Gasteiger partial charge in [-0.05, 0) is 30.5 Å². The Morgan fingerprint density at radius 2 is 2.21 bits per heavy atom. The summed E-state index contributed by atoms with van der Waals surface area (Å²) in [6.07, 6.45) is 0. The second-order valence-corrected chi connectivity index (χ2v) is 6.73. The third-order valence-electron chi connectivity index (χ3n) is 4.05. The Kier molecular flexibility index (Phi) is 9.04. The molecule has 0 aliphatic carbocycles. The van der Waals surface area contributed by atoms with Gasteiger partial charge in [0.1, 0.15) is 0 Å². The summed E-state index contributed by atoms with van der Waals surface area (Å²) in [7, 11) is 1.45. The number of likely N-dealkylation sites (tertiary alicyclic amines) is 1. The maximum Gasteiger partial charge on any atom is 0.310 e. The van der Waals surface area contributed by atoms with Crippen LogP contribution >= 0.6 is 39.9 Å². The van der Waals surface area contributed by atoms with E-state index in [-0.39, 0.29) is 41.8 Å². The fraction of sp³-hybridized carbons (Fsp3) is 0.529. The Balaban J connectivity index is 0.00000288. The predicted octanol–water partition coefficient (Wildman–Crippen LogP) is 3.27. The molecule has 1 saturated heterocycles. The lowest BCUT2D eigenvalue weighted by Gasteiger charge is -2.21. The zero-order valence-electron chi connectivity index (χ0n) is 14.3. The van der Waals surface area contributed by atoms with Gasteiger partial charge in [-0.3, -0.25) is 4.79 Å². The van der Waals surface area contributed by atoms with Crippen LogP contribution in [0.1, 0.15) is 19.4 Å². The molecule has 2 rings (SSSR count). The Labute approximate surface area is 169 Å². The van der Waals surface area contributed by atoms with Crippen molar-refractivity contribution in [3.8, 4) is 0 Å². The first-order chi connectivity index (χ1) is 11.0. The van der Waals surface area contributed by atoms with Gasteiger partial charge in [0, 0.05) is 24.1 Å².